The second kappa shape index (κ2) is 37.4. The molecule has 100 heavy (non-hydrogen) atoms. The van der Waals surface area contributed by atoms with E-state index in [0.717, 1.165) is 185 Å². The average Bonchev–Trinajstić information content (AvgIpc) is 2.19. The predicted molar refractivity (Wildman–Crippen MR) is 397 cm³/mol. The molecular formula is C73H107N21O3S3. The highest BCUT2D eigenvalue weighted by molar-refractivity contribution is 7.10. The molecule has 4 N–H and O–H groups in total. The molecule has 0 spiro atoms. The monoisotopic (exact) mass is 1420 g/mol. The van der Waals surface area contributed by atoms with Crippen molar-refractivity contribution in [3.05, 3.63) is 190 Å². The molecule has 0 aliphatic carbocycles. The number of furan rings is 1. The maximum Gasteiger partial charge on any atom is 0.181 e. The topological polar surface area (TPSA) is 225 Å². The average molecular weight is 1420 g/mol. The summed E-state index contributed by atoms with van der Waals surface area (Å²) in [5.41, 5.74) is 22.3. The molecule has 10 aromatic rings. The number of aromatic amines is 4. The van der Waals surface area contributed by atoms with E-state index >= 15 is 0 Å². The maximum atomic E-state index is 5.28. The molecule has 20 heterocycles. The SMILES string of the molecule is CN1CCc2[nH]ncc2C1.CN1CCc2cc[nH]c2C1.CN1CCc2ccoc2C1.CN1CCc2ccsc2C1.CN1CCc2nc[nH]c2C1.CN1CCc2nc[nH]c2C1.CN1CCc2ncoc2C1.CN1CCc2ncsc2C1.CN1CCc2ocnc2C1.CN1CCc2scnc2C1. The van der Waals surface area contributed by atoms with Crippen LogP contribution in [0.2, 0.25) is 0 Å². The van der Waals surface area contributed by atoms with Crippen molar-refractivity contribution in [1.29, 1.82) is 0 Å². The van der Waals surface area contributed by atoms with Crippen LogP contribution in [0, 0.1) is 0 Å². The van der Waals surface area contributed by atoms with Gasteiger partial charge in [0.1, 0.15) is 17.3 Å². The Morgan fingerprint density at radius 2 is 0.840 bits per heavy atom. The second-order valence-electron chi connectivity index (χ2n) is 28.0. The Morgan fingerprint density at radius 1 is 0.330 bits per heavy atom. The van der Waals surface area contributed by atoms with Gasteiger partial charge in [0, 0.05) is 194 Å². The smallest absolute Gasteiger partial charge is 0.181 e. The van der Waals surface area contributed by atoms with E-state index in [1.54, 1.807) is 52.0 Å². The van der Waals surface area contributed by atoms with Crippen molar-refractivity contribution >= 4 is 34.0 Å². The summed E-state index contributed by atoms with van der Waals surface area (Å²) in [7, 11) is 21.3. The Morgan fingerprint density at radius 3 is 1.55 bits per heavy atom. The van der Waals surface area contributed by atoms with Crippen molar-refractivity contribution in [2.45, 2.75) is 130 Å². The largest absolute Gasteiger partial charge is 0.468 e. The number of aromatic nitrogens is 11. The minimum absolute atomic E-state index is 0.912. The van der Waals surface area contributed by atoms with Gasteiger partial charge in [-0.15, -0.1) is 34.0 Å². The minimum atomic E-state index is 0.912. The Hall–Kier alpha value is -6.83. The van der Waals surface area contributed by atoms with E-state index in [1.807, 2.05) is 34.8 Å². The number of thiazole rings is 2. The molecule has 0 fully saturated rings. The van der Waals surface area contributed by atoms with Crippen LogP contribution in [0.5, 0.6) is 0 Å². The third-order valence-corrected chi connectivity index (χ3v) is 22.3. The van der Waals surface area contributed by atoms with Crippen molar-refractivity contribution in [2.75, 3.05) is 136 Å². The van der Waals surface area contributed by atoms with E-state index in [9.17, 15) is 0 Å². The van der Waals surface area contributed by atoms with Crippen molar-refractivity contribution in [1.82, 2.24) is 104 Å². The second-order valence-corrected chi connectivity index (χ2v) is 30.9. The number of imidazole rings is 2. The summed E-state index contributed by atoms with van der Waals surface area (Å²) >= 11 is 5.45. The number of thiophene rings is 1. The van der Waals surface area contributed by atoms with Gasteiger partial charge in [0.15, 0.2) is 12.8 Å². The van der Waals surface area contributed by atoms with E-state index in [1.165, 1.54) is 124 Å². The van der Waals surface area contributed by atoms with Crippen LogP contribution in [0.1, 0.15) is 111 Å². The Kier molecular flexibility index (Phi) is 27.8. The van der Waals surface area contributed by atoms with Gasteiger partial charge >= 0.3 is 0 Å². The van der Waals surface area contributed by atoms with E-state index in [0.29, 0.717) is 0 Å². The third-order valence-electron chi connectivity index (χ3n) is 19.5. The molecule has 10 aliphatic rings. The van der Waals surface area contributed by atoms with E-state index < -0.39 is 0 Å². The summed E-state index contributed by atoms with van der Waals surface area (Å²) in [6, 6.07) is 6.51. The summed E-state index contributed by atoms with van der Waals surface area (Å²) in [6.07, 6.45) is 23.6. The Bertz CT molecular complexity index is 3140. The van der Waals surface area contributed by atoms with Gasteiger partial charge in [-0.3, -0.25) is 19.8 Å². The first-order valence-corrected chi connectivity index (χ1v) is 38.0. The predicted octanol–water partition coefficient (Wildman–Crippen LogP) is 8.79. The van der Waals surface area contributed by atoms with Crippen LogP contribution in [0.4, 0.5) is 0 Å². The molecule has 27 heteroatoms. The zero-order chi connectivity index (χ0) is 69.7. The van der Waals surface area contributed by atoms with Crippen LogP contribution in [0.3, 0.4) is 0 Å². The standard InChI is InChI=1S/C8H12N2.C8H11NO.C8H11NS.3C7H11N3.2C7H10N2O.2C7H10N2S/c1-10-5-3-7-2-4-9-8(7)6-10;2*1-9-4-2-7-3-5-10-8(7)6-9;1-10-3-2-7-6(5-10)4-8-9-7;2*1-10-3-2-6-7(4-10)9-5-8-6;1-9-3-2-7-6(4-9)8-5-10-7;1-9-3-2-6-7(4-9)10-5-8-6;1-9-3-2-7-6(4-9)8-5-10-7;1-9-3-2-6-7(4-9)10-5-8-6/h2,4,9H,3,5-6H2,1H3;2*3,5H,2,4,6H2,1H3;4H,2-3,5H2,1H3,(H,8,9);2*5H,2-4H2,1H3,(H,8,9);4*5H,2-4H2,1H3. The number of rotatable bonds is 0. The molecule has 0 saturated heterocycles. The molecule has 0 aromatic carbocycles. The van der Waals surface area contributed by atoms with Gasteiger partial charge in [-0.2, -0.15) is 5.10 Å². The number of fused-ring (bicyclic) bond motifs is 10. The lowest BCUT2D eigenvalue weighted by Gasteiger charge is -2.21. The summed E-state index contributed by atoms with van der Waals surface area (Å²) in [5, 5.41) is 9.19. The number of H-pyrrole nitrogens is 4. The first-order valence-electron chi connectivity index (χ1n) is 35.4. The highest BCUT2D eigenvalue weighted by Gasteiger charge is 2.22. The molecule has 0 radical (unpaired) electrons. The highest BCUT2D eigenvalue weighted by atomic mass is 32.1. The lowest BCUT2D eigenvalue weighted by Crippen LogP contribution is -2.26. The van der Waals surface area contributed by atoms with Gasteiger partial charge in [0.05, 0.1) is 94.8 Å². The van der Waals surface area contributed by atoms with Gasteiger partial charge in [0.25, 0.3) is 0 Å². The number of likely N-dealkylation sites (N-methyl/N-ethyl adjacent to an activating group) is 10. The molecule has 10 aromatic heterocycles. The molecule has 0 amide bonds. The minimum Gasteiger partial charge on any atom is -0.468 e. The fourth-order valence-electron chi connectivity index (χ4n) is 13.3. The molecule has 24 nitrogen and oxygen atoms in total. The maximum absolute atomic E-state index is 5.28. The van der Waals surface area contributed by atoms with Crippen LogP contribution in [-0.2, 0) is 130 Å². The van der Waals surface area contributed by atoms with Gasteiger partial charge in [-0.05, 0) is 136 Å². The zero-order valence-electron chi connectivity index (χ0n) is 60.8. The van der Waals surface area contributed by atoms with Gasteiger partial charge in [0.2, 0.25) is 0 Å². The quantitative estimate of drug-likeness (QED) is 0.111. The first kappa shape index (κ1) is 74.4. The number of nitrogens with zero attached hydrogens (tertiary/aromatic N) is 17. The Balaban J connectivity index is 0.000000112. The highest BCUT2D eigenvalue weighted by Crippen LogP contribution is 2.25. The van der Waals surface area contributed by atoms with E-state index in [2.05, 4.69) is 198 Å². The zero-order valence-corrected chi connectivity index (χ0v) is 63.2. The summed E-state index contributed by atoms with van der Waals surface area (Å²) in [5.74, 6) is 3.25. The number of oxazole rings is 2. The third kappa shape index (κ3) is 22.1. The number of nitrogens with one attached hydrogen (secondary N) is 4. The molecular weight excluding hydrogens is 1320 g/mol. The molecule has 0 bridgehead atoms. The fraction of sp³-hybridized carbons (Fsp3) is 0.548. The summed E-state index contributed by atoms with van der Waals surface area (Å²) < 4.78 is 15.6. The molecule has 20 rings (SSSR count). The van der Waals surface area contributed by atoms with Crippen molar-refractivity contribution < 1.29 is 13.3 Å². The lowest BCUT2D eigenvalue weighted by molar-refractivity contribution is 0.277. The lowest BCUT2D eigenvalue weighted by atomic mass is 10.1. The molecule has 0 saturated carbocycles. The molecule has 0 unspecified atom stereocenters. The van der Waals surface area contributed by atoms with Crippen LogP contribution in [0.15, 0.2) is 92.0 Å². The van der Waals surface area contributed by atoms with Gasteiger partial charge in [-0.1, -0.05) is 0 Å². The van der Waals surface area contributed by atoms with Crippen LogP contribution in [-0.4, -0.2) is 240 Å². The first-order chi connectivity index (χ1) is 48.6. The summed E-state index contributed by atoms with van der Waals surface area (Å²) in [4.78, 5) is 62.2. The number of hydrogen-bond acceptors (Lipinski definition) is 23. The Labute approximate surface area is 603 Å². The van der Waals surface area contributed by atoms with E-state index in [4.69, 9.17) is 13.3 Å². The van der Waals surface area contributed by atoms with Gasteiger partial charge in [-0.25, -0.2) is 29.9 Å². The van der Waals surface area contributed by atoms with E-state index in [-0.39, 0.29) is 0 Å². The molecule has 540 valence electrons. The van der Waals surface area contributed by atoms with Crippen LogP contribution < -0.4 is 0 Å². The van der Waals surface area contributed by atoms with Crippen molar-refractivity contribution in [2.24, 2.45) is 0 Å². The van der Waals surface area contributed by atoms with Crippen molar-refractivity contribution in [3.63, 3.8) is 0 Å². The molecule has 0 atom stereocenters. The number of hydrogen-bond donors (Lipinski definition) is 4. The normalized spacial score (nSPS) is 18.9. The van der Waals surface area contributed by atoms with Crippen LogP contribution >= 0.6 is 34.0 Å². The van der Waals surface area contributed by atoms with Crippen molar-refractivity contribution in [3.8, 4) is 0 Å². The van der Waals surface area contributed by atoms with Crippen LogP contribution in [0.25, 0.3) is 0 Å². The summed E-state index contributed by atoms with van der Waals surface area (Å²) in [6.45, 7) is 21.8. The van der Waals surface area contributed by atoms with Gasteiger partial charge < -0.3 is 62.5 Å². The fourth-order valence-corrected chi connectivity index (χ4v) is 15.9. The molecule has 10 aliphatic heterocycles.